The lowest BCUT2D eigenvalue weighted by Crippen LogP contribution is -2.26. The van der Waals surface area contributed by atoms with E-state index in [1.807, 2.05) is 26.0 Å². The summed E-state index contributed by atoms with van der Waals surface area (Å²) >= 11 is 0. The van der Waals surface area contributed by atoms with E-state index >= 15 is 0 Å². The van der Waals surface area contributed by atoms with Crippen LogP contribution in [0.1, 0.15) is 27.0 Å². The number of nitrogens with one attached hydrogen (secondary N) is 1. The van der Waals surface area contributed by atoms with Gasteiger partial charge in [0.05, 0.1) is 6.26 Å². The molecule has 6 heteroatoms. The Bertz CT molecular complexity index is 860. The third kappa shape index (κ3) is 4.83. The highest BCUT2D eigenvalue weighted by Crippen LogP contribution is 2.16. The Labute approximate surface area is 143 Å². The van der Waals surface area contributed by atoms with Gasteiger partial charge in [-0.3, -0.25) is 9.52 Å². The summed E-state index contributed by atoms with van der Waals surface area (Å²) in [5, 5.41) is 0. The molecular formula is C18H22N2O3S. The van der Waals surface area contributed by atoms with Gasteiger partial charge in [-0.05, 0) is 43.2 Å². The van der Waals surface area contributed by atoms with Gasteiger partial charge in [0.25, 0.3) is 5.91 Å². The highest BCUT2D eigenvalue weighted by molar-refractivity contribution is 7.92. The molecule has 0 aliphatic heterocycles. The van der Waals surface area contributed by atoms with Crippen molar-refractivity contribution in [1.82, 2.24) is 4.90 Å². The fourth-order valence-corrected chi connectivity index (χ4v) is 3.06. The first-order valence-electron chi connectivity index (χ1n) is 7.55. The average Bonchev–Trinajstić information content (AvgIpc) is 2.47. The summed E-state index contributed by atoms with van der Waals surface area (Å²) in [4.78, 5) is 14.2. The van der Waals surface area contributed by atoms with Gasteiger partial charge >= 0.3 is 0 Å². The summed E-state index contributed by atoms with van der Waals surface area (Å²) in [5.41, 5.74) is 4.23. The van der Waals surface area contributed by atoms with Crippen molar-refractivity contribution >= 4 is 21.6 Å². The van der Waals surface area contributed by atoms with E-state index in [0.29, 0.717) is 17.8 Å². The second-order valence-corrected chi connectivity index (χ2v) is 7.79. The van der Waals surface area contributed by atoms with E-state index in [0.717, 1.165) is 17.4 Å². The second kappa shape index (κ2) is 7.05. The normalized spacial score (nSPS) is 11.2. The molecule has 0 aliphatic rings. The predicted octanol–water partition coefficient (Wildman–Crippen LogP) is 2.95. The van der Waals surface area contributed by atoms with Crippen LogP contribution < -0.4 is 4.72 Å². The monoisotopic (exact) mass is 346 g/mol. The minimum atomic E-state index is -3.37. The maximum atomic E-state index is 12.6. The number of rotatable bonds is 5. The quantitative estimate of drug-likeness (QED) is 0.905. The Morgan fingerprint density at radius 1 is 1.12 bits per heavy atom. The molecule has 2 aromatic carbocycles. The number of nitrogens with zero attached hydrogens (tertiary/aromatic N) is 1. The number of aryl methyl sites for hydroxylation is 2. The molecule has 2 aromatic rings. The van der Waals surface area contributed by atoms with Crippen molar-refractivity contribution in [3.8, 4) is 0 Å². The van der Waals surface area contributed by atoms with Crippen molar-refractivity contribution in [1.29, 1.82) is 0 Å². The number of hydrogen-bond donors (Lipinski definition) is 1. The van der Waals surface area contributed by atoms with E-state index < -0.39 is 10.0 Å². The van der Waals surface area contributed by atoms with Crippen LogP contribution in [-0.4, -0.2) is 32.5 Å². The molecule has 24 heavy (non-hydrogen) atoms. The van der Waals surface area contributed by atoms with Crippen molar-refractivity contribution in [2.24, 2.45) is 0 Å². The van der Waals surface area contributed by atoms with Crippen LogP contribution in [0, 0.1) is 13.8 Å². The van der Waals surface area contributed by atoms with Crippen LogP contribution in [0.2, 0.25) is 0 Å². The van der Waals surface area contributed by atoms with Crippen LogP contribution >= 0.6 is 0 Å². The number of carbonyl (C=O) groups excluding carboxylic acids is 1. The number of sulfonamides is 1. The molecule has 1 N–H and O–H groups in total. The van der Waals surface area contributed by atoms with Crippen LogP contribution in [0.25, 0.3) is 0 Å². The maximum Gasteiger partial charge on any atom is 0.253 e. The van der Waals surface area contributed by atoms with Gasteiger partial charge in [-0.25, -0.2) is 8.42 Å². The van der Waals surface area contributed by atoms with E-state index in [1.165, 1.54) is 5.56 Å². The zero-order chi connectivity index (χ0) is 17.9. The molecule has 1 amide bonds. The molecular weight excluding hydrogens is 324 g/mol. The molecule has 0 fully saturated rings. The molecule has 0 spiro atoms. The average molecular weight is 346 g/mol. The lowest BCUT2D eigenvalue weighted by molar-refractivity contribution is 0.0785. The van der Waals surface area contributed by atoms with E-state index in [4.69, 9.17) is 0 Å². The molecule has 5 nitrogen and oxygen atoms in total. The van der Waals surface area contributed by atoms with Gasteiger partial charge in [0.15, 0.2) is 0 Å². The van der Waals surface area contributed by atoms with Crippen molar-refractivity contribution in [2.75, 3.05) is 18.0 Å². The Morgan fingerprint density at radius 3 is 2.46 bits per heavy atom. The number of amides is 1. The summed E-state index contributed by atoms with van der Waals surface area (Å²) in [7, 11) is -1.64. The first kappa shape index (κ1) is 18.0. The summed E-state index contributed by atoms with van der Waals surface area (Å²) in [6.07, 6.45) is 1.08. The molecule has 0 saturated heterocycles. The second-order valence-electron chi connectivity index (χ2n) is 6.05. The largest absolute Gasteiger partial charge is 0.337 e. The van der Waals surface area contributed by atoms with Gasteiger partial charge in [-0.15, -0.1) is 0 Å². The van der Waals surface area contributed by atoms with Gasteiger partial charge < -0.3 is 4.90 Å². The molecule has 128 valence electrons. The zero-order valence-electron chi connectivity index (χ0n) is 14.3. The van der Waals surface area contributed by atoms with Crippen molar-refractivity contribution in [2.45, 2.75) is 20.4 Å². The van der Waals surface area contributed by atoms with E-state index in [-0.39, 0.29) is 5.91 Å². The van der Waals surface area contributed by atoms with E-state index in [1.54, 1.807) is 36.2 Å². The minimum absolute atomic E-state index is 0.160. The van der Waals surface area contributed by atoms with Gasteiger partial charge in [0.1, 0.15) is 0 Å². The third-order valence-electron chi connectivity index (χ3n) is 3.67. The van der Waals surface area contributed by atoms with Crippen LogP contribution in [-0.2, 0) is 16.6 Å². The number of benzene rings is 2. The van der Waals surface area contributed by atoms with Crippen LogP contribution in [0.3, 0.4) is 0 Å². The zero-order valence-corrected chi connectivity index (χ0v) is 15.1. The smallest absolute Gasteiger partial charge is 0.253 e. The highest BCUT2D eigenvalue weighted by Gasteiger charge is 2.14. The summed E-state index contributed by atoms with van der Waals surface area (Å²) in [6, 6.07) is 12.6. The van der Waals surface area contributed by atoms with Crippen LogP contribution in [0.5, 0.6) is 0 Å². The van der Waals surface area contributed by atoms with Gasteiger partial charge in [0.2, 0.25) is 10.0 Å². The summed E-state index contributed by atoms with van der Waals surface area (Å²) < 4.78 is 25.0. The SMILES string of the molecule is Cc1ccc(CN(C)C(=O)c2cccc(NS(C)(=O)=O)c2)c(C)c1. The van der Waals surface area contributed by atoms with Gasteiger partial charge in [-0.1, -0.05) is 29.8 Å². The Hall–Kier alpha value is -2.34. The van der Waals surface area contributed by atoms with Gasteiger partial charge in [0, 0.05) is 24.8 Å². The van der Waals surface area contributed by atoms with Crippen LogP contribution in [0.15, 0.2) is 42.5 Å². The topological polar surface area (TPSA) is 66.5 Å². The molecule has 0 aliphatic carbocycles. The molecule has 2 rings (SSSR count). The Kier molecular flexibility index (Phi) is 5.29. The molecule has 0 atom stereocenters. The Morgan fingerprint density at radius 2 is 1.83 bits per heavy atom. The first-order valence-corrected chi connectivity index (χ1v) is 9.44. The van der Waals surface area contributed by atoms with Crippen molar-refractivity contribution < 1.29 is 13.2 Å². The molecule has 0 unspecified atom stereocenters. The lowest BCUT2D eigenvalue weighted by Gasteiger charge is -2.19. The standard InChI is InChI=1S/C18H22N2O3S/c1-13-8-9-16(14(2)10-13)12-20(3)18(21)15-6-5-7-17(11-15)19-24(4,22)23/h5-11,19H,12H2,1-4H3. The first-order chi connectivity index (χ1) is 11.2. The minimum Gasteiger partial charge on any atom is -0.337 e. The van der Waals surface area contributed by atoms with Crippen molar-refractivity contribution in [3.63, 3.8) is 0 Å². The third-order valence-corrected chi connectivity index (χ3v) is 4.27. The number of hydrogen-bond acceptors (Lipinski definition) is 3. The van der Waals surface area contributed by atoms with E-state index in [2.05, 4.69) is 10.8 Å². The molecule has 0 bridgehead atoms. The maximum absolute atomic E-state index is 12.6. The molecule has 0 saturated carbocycles. The number of carbonyl (C=O) groups is 1. The van der Waals surface area contributed by atoms with Crippen LogP contribution in [0.4, 0.5) is 5.69 Å². The molecule has 0 heterocycles. The van der Waals surface area contributed by atoms with E-state index in [9.17, 15) is 13.2 Å². The predicted molar refractivity (Wildman–Crippen MR) is 96.6 cm³/mol. The summed E-state index contributed by atoms with van der Waals surface area (Å²) in [5.74, 6) is -0.160. The molecule has 0 aromatic heterocycles. The Balaban J connectivity index is 2.17. The lowest BCUT2D eigenvalue weighted by atomic mass is 10.1. The van der Waals surface area contributed by atoms with Crippen molar-refractivity contribution in [3.05, 3.63) is 64.7 Å². The fraction of sp³-hybridized carbons (Fsp3) is 0.278. The molecule has 0 radical (unpaired) electrons. The number of anilines is 1. The van der Waals surface area contributed by atoms with Gasteiger partial charge in [-0.2, -0.15) is 0 Å². The highest BCUT2D eigenvalue weighted by atomic mass is 32.2. The fourth-order valence-electron chi connectivity index (χ4n) is 2.50. The summed E-state index contributed by atoms with van der Waals surface area (Å²) in [6.45, 7) is 4.55.